The fourth-order valence-corrected chi connectivity index (χ4v) is 3.54. The first-order valence-electron chi connectivity index (χ1n) is 8.87. The second-order valence-corrected chi connectivity index (χ2v) is 7.10. The maximum Gasteiger partial charge on any atom is 0.274 e. The largest absolute Gasteiger partial charge is 0.467 e. The zero-order valence-corrected chi connectivity index (χ0v) is 14.5. The molecule has 1 unspecified atom stereocenters. The average molecular weight is 379 g/mol. The van der Waals surface area contributed by atoms with E-state index in [9.17, 15) is 18.4 Å². The van der Waals surface area contributed by atoms with Crippen LogP contribution < -0.4 is 10.6 Å². The van der Waals surface area contributed by atoms with E-state index in [1.54, 1.807) is 12.1 Å². The minimum Gasteiger partial charge on any atom is -0.467 e. The molecule has 2 N–H and O–H groups in total. The molecule has 4 rings (SSSR count). The molecule has 0 aromatic carbocycles. The number of aromatic nitrogens is 1. The van der Waals surface area contributed by atoms with Crippen molar-refractivity contribution in [1.82, 2.24) is 15.8 Å². The molecule has 2 aliphatic rings. The van der Waals surface area contributed by atoms with Crippen LogP contribution in [-0.4, -0.2) is 28.9 Å². The van der Waals surface area contributed by atoms with Crippen LogP contribution in [0.25, 0.3) is 0 Å². The summed E-state index contributed by atoms with van der Waals surface area (Å²) in [5, 5.41) is 9.40. The molecule has 2 aromatic heterocycles. The molecular weight excluding hydrogens is 360 g/mol. The number of fused-ring (bicyclic) bond motifs is 1. The molecule has 0 saturated heterocycles. The highest BCUT2D eigenvalue weighted by molar-refractivity contribution is 5.93. The van der Waals surface area contributed by atoms with Crippen molar-refractivity contribution < 1.29 is 27.3 Å². The summed E-state index contributed by atoms with van der Waals surface area (Å²) in [6.45, 7) is 0.226. The Morgan fingerprint density at radius 1 is 1.33 bits per heavy atom. The number of alkyl halides is 2. The van der Waals surface area contributed by atoms with Crippen molar-refractivity contribution >= 4 is 11.8 Å². The molecule has 2 aliphatic carbocycles. The van der Waals surface area contributed by atoms with E-state index in [4.69, 9.17) is 8.94 Å². The van der Waals surface area contributed by atoms with Crippen molar-refractivity contribution in [3.63, 3.8) is 0 Å². The smallest absolute Gasteiger partial charge is 0.274 e. The highest BCUT2D eigenvalue weighted by Gasteiger charge is 2.49. The van der Waals surface area contributed by atoms with Gasteiger partial charge in [0, 0.05) is 36.8 Å². The number of carbonyl (C=O) groups is 2. The summed E-state index contributed by atoms with van der Waals surface area (Å²) in [6.07, 6.45) is 2.25. The number of hydrogen-bond acceptors (Lipinski definition) is 5. The van der Waals surface area contributed by atoms with Gasteiger partial charge in [0.05, 0.1) is 12.8 Å². The standard InChI is InChI=1S/C18H19F2N3O4/c19-18(20)7-10(8-18)16(24)22-11-3-4-14-13(6-11)15(23-27-14)17(25)21-9-12-2-1-5-26-12/h1-2,5,10-11H,3-4,6-9H2,(H,21,25)(H,22,24). The Kier molecular flexibility index (Phi) is 4.45. The lowest BCUT2D eigenvalue weighted by atomic mass is 9.80. The fraction of sp³-hybridized carbons (Fsp3) is 0.500. The highest BCUT2D eigenvalue weighted by atomic mass is 19.3. The van der Waals surface area contributed by atoms with Gasteiger partial charge in [-0.3, -0.25) is 9.59 Å². The van der Waals surface area contributed by atoms with Gasteiger partial charge in [-0.05, 0) is 25.0 Å². The third-order valence-electron chi connectivity index (χ3n) is 5.07. The lowest BCUT2D eigenvalue weighted by Gasteiger charge is -2.35. The van der Waals surface area contributed by atoms with Crippen molar-refractivity contribution in [2.45, 2.75) is 50.6 Å². The third-order valence-corrected chi connectivity index (χ3v) is 5.07. The van der Waals surface area contributed by atoms with Crippen LogP contribution in [-0.2, 0) is 24.2 Å². The Hall–Kier alpha value is -2.71. The van der Waals surface area contributed by atoms with Crippen molar-refractivity contribution in [1.29, 1.82) is 0 Å². The zero-order valence-electron chi connectivity index (χ0n) is 14.5. The molecule has 9 heteroatoms. The van der Waals surface area contributed by atoms with Crippen molar-refractivity contribution in [2.24, 2.45) is 5.92 Å². The van der Waals surface area contributed by atoms with Gasteiger partial charge in [0.25, 0.3) is 5.91 Å². The number of amides is 2. The van der Waals surface area contributed by atoms with Crippen LogP contribution in [0.2, 0.25) is 0 Å². The molecule has 0 radical (unpaired) electrons. The van der Waals surface area contributed by atoms with E-state index < -0.39 is 24.7 Å². The van der Waals surface area contributed by atoms with Crippen molar-refractivity contribution in [3.8, 4) is 0 Å². The minimum atomic E-state index is -2.73. The number of halogens is 2. The number of rotatable bonds is 5. The van der Waals surface area contributed by atoms with E-state index in [1.807, 2.05) is 0 Å². The first-order valence-corrected chi connectivity index (χ1v) is 8.87. The van der Waals surface area contributed by atoms with Crippen LogP contribution in [0.3, 0.4) is 0 Å². The number of hydrogen-bond donors (Lipinski definition) is 2. The van der Waals surface area contributed by atoms with Gasteiger partial charge in [0.1, 0.15) is 11.5 Å². The maximum atomic E-state index is 12.9. The van der Waals surface area contributed by atoms with E-state index in [2.05, 4.69) is 15.8 Å². The summed E-state index contributed by atoms with van der Waals surface area (Å²) in [4.78, 5) is 24.5. The van der Waals surface area contributed by atoms with E-state index in [1.165, 1.54) is 6.26 Å². The van der Waals surface area contributed by atoms with E-state index in [0.29, 0.717) is 36.3 Å². The molecule has 0 spiro atoms. The minimum absolute atomic E-state index is 0.186. The molecule has 2 heterocycles. The Labute approximate surface area is 153 Å². The monoisotopic (exact) mass is 379 g/mol. The summed E-state index contributed by atoms with van der Waals surface area (Å²) in [7, 11) is 0. The molecule has 1 atom stereocenters. The van der Waals surface area contributed by atoms with Gasteiger partial charge in [-0.15, -0.1) is 0 Å². The van der Waals surface area contributed by atoms with Gasteiger partial charge in [0.15, 0.2) is 5.69 Å². The molecule has 1 saturated carbocycles. The normalized spacial score (nSPS) is 21.2. The number of aryl methyl sites for hydroxylation is 1. The summed E-state index contributed by atoms with van der Waals surface area (Å²) in [5.74, 6) is -2.87. The van der Waals surface area contributed by atoms with E-state index in [-0.39, 0.29) is 30.1 Å². The topological polar surface area (TPSA) is 97.4 Å². The average Bonchev–Trinajstić information content (AvgIpc) is 3.26. The number of nitrogens with zero attached hydrogens (tertiary/aromatic N) is 1. The summed E-state index contributed by atoms with van der Waals surface area (Å²) >= 11 is 0. The molecule has 144 valence electrons. The van der Waals surface area contributed by atoms with Gasteiger partial charge < -0.3 is 19.6 Å². The Morgan fingerprint density at radius 3 is 2.85 bits per heavy atom. The second-order valence-electron chi connectivity index (χ2n) is 7.10. The van der Waals surface area contributed by atoms with Crippen LogP contribution in [0, 0.1) is 5.92 Å². The van der Waals surface area contributed by atoms with E-state index in [0.717, 1.165) is 0 Å². The van der Waals surface area contributed by atoms with Crippen LogP contribution in [0.15, 0.2) is 27.3 Å². The van der Waals surface area contributed by atoms with Crippen molar-refractivity contribution in [2.75, 3.05) is 0 Å². The van der Waals surface area contributed by atoms with Gasteiger partial charge in [-0.25, -0.2) is 8.78 Å². The van der Waals surface area contributed by atoms with Crippen molar-refractivity contribution in [3.05, 3.63) is 41.2 Å². The summed E-state index contributed by atoms with van der Waals surface area (Å²) in [6, 6.07) is 3.24. The van der Waals surface area contributed by atoms with Crippen LogP contribution in [0.1, 0.15) is 46.8 Å². The molecule has 1 fully saturated rings. The molecular formula is C18H19F2N3O4. The maximum absolute atomic E-state index is 12.9. The molecule has 27 heavy (non-hydrogen) atoms. The van der Waals surface area contributed by atoms with Gasteiger partial charge in [0.2, 0.25) is 11.8 Å². The van der Waals surface area contributed by atoms with Gasteiger partial charge in [-0.1, -0.05) is 5.16 Å². The lowest BCUT2D eigenvalue weighted by Crippen LogP contribution is -2.49. The van der Waals surface area contributed by atoms with Crippen LogP contribution >= 0.6 is 0 Å². The Morgan fingerprint density at radius 2 is 2.15 bits per heavy atom. The number of furan rings is 1. The quantitative estimate of drug-likeness (QED) is 0.830. The fourth-order valence-electron chi connectivity index (χ4n) is 3.54. The molecule has 0 aliphatic heterocycles. The third kappa shape index (κ3) is 3.72. The summed E-state index contributed by atoms with van der Waals surface area (Å²) in [5.41, 5.74) is 0.841. The predicted octanol–water partition coefficient (Wildman–Crippen LogP) is 2.22. The molecule has 2 aromatic rings. The van der Waals surface area contributed by atoms with Crippen LogP contribution in [0.5, 0.6) is 0 Å². The van der Waals surface area contributed by atoms with Crippen LogP contribution in [0.4, 0.5) is 8.78 Å². The highest BCUT2D eigenvalue weighted by Crippen LogP contribution is 2.42. The molecule has 7 nitrogen and oxygen atoms in total. The predicted molar refractivity (Wildman–Crippen MR) is 88.0 cm³/mol. The second kappa shape index (κ2) is 6.79. The SMILES string of the molecule is O=C(NCc1ccco1)c1noc2c1CC(NC(=O)C1CC(F)(F)C1)CC2. The Bertz CT molecular complexity index is 839. The number of carbonyl (C=O) groups excluding carboxylic acids is 2. The Balaban J connectivity index is 1.36. The van der Waals surface area contributed by atoms with E-state index >= 15 is 0 Å². The molecule has 2 amide bonds. The zero-order chi connectivity index (χ0) is 19.0. The first-order chi connectivity index (χ1) is 12.9. The van der Waals surface area contributed by atoms with Gasteiger partial charge in [-0.2, -0.15) is 0 Å². The first kappa shape index (κ1) is 17.7. The number of nitrogens with one attached hydrogen (secondary N) is 2. The summed E-state index contributed by atoms with van der Waals surface area (Å²) < 4.78 is 36.3. The molecule has 0 bridgehead atoms. The van der Waals surface area contributed by atoms with Gasteiger partial charge >= 0.3 is 0 Å². The lowest BCUT2D eigenvalue weighted by molar-refractivity contribution is -0.150.